The highest BCUT2D eigenvalue weighted by Crippen LogP contribution is 2.32. The van der Waals surface area contributed by atoms with Gasteiger partial charge in [0.2, 0.25) is 0 Å². The molecule has 2 N–H and O–H groups in total. The zero-order valence-corrected chi connectivity index (χ0v) is 19.7. The van der Waals surface area contributed by atoms with Gasteiger partial charge in [-0.25, -0.2) is 0 Å². The van der Waals surface area contributed by atoms with Crippen molar-refractivity contribution in [1.82, 2.24) is 5.32 Å². The van der Waals surface area contributed by atoms with Crippen LogP contribution in [0.3, 0.4) is 0 Å². The van der Waals surface area contributed by atoms with Crippen molar-refractivity contribution < 1.29 is 0 Å². The molecule has 0 amide bonds. The van der Waals surface area contributed by atoms with Crippen LogP contribution in [0.25, 0.3) is 11.6 Å². The summed E-state index contributed by atoms with van der Waals surface area (Å²) in [5, 5.41) is 7.18. The lowest BCUT2D eigenvalue weighted by Gasteiger charge is -2.24. The Morgan fingerprint density at radius 3 is 2.47 bits per heavy atom. The number of allylic oxidation sites excluding steroid dienone is 5. The minimum absolute atomic E-state index is 0.155. The third kappa shape index (κ3) is 6.37. The van der Waals surface area contributed by atoms with Crippen LogP contribution in [0, 0.1) is 0 Å². The second kappa shape index (κ2) is 11.4. The van der Waals surface area contributed by atoms with Crippen molar-refractivity contribution in [2.45, 2.75) is 52.5 Å². The maximum atomic E-state index is 4.36. The van der Waals surface area contributed by atoms with Gasteiger partial charge in [-0.1, -0.05) is 93.1 Å². The van der Waals surface area contributed by atoms with Crippen LogP contribution >= 0.6 is 0 Å². The molecular formula is C30H36N2. The average molecular weight is 425 g/mol. The Labute approximate surface area is 194 Å². The molecule has 2 heteroatoms. The van der Waals surface area contributed by atoms with Crippen LogP contribution in [0.1, 0.15) is 56.7 Å². The zero-order chi connectivity index (χ0) is 22.9. The first-order chi connectivity index (χ1) is 15.5. The van der Waals surface area contributed by atoms with Crippen LogP contribution in [0.5, 0.6) is 0 Å². The monoisotopic (exact) mass is 424 g/mol. The summed E-state index contributed by atoms with van der Waals surface area (Å²) in [4.78, 5) is 0. The largest absolute Gasteiger partial charge is 0.377 e. The van der Waals surface area contributed by atoms with Crippen molar-refractivity contribution in [3.05, 3.63) is 114 Å². The third-order valence-electron chi connectivity index (χ3n) is 5.79. The predicted molar refractivity (Wildman–Crippen MR) is 141 cm³/mol. The molecule has 1 aliphatic rings. The number of fused-ring (bicyclic) bond motifs is 1. The highest BCUT2D eigenvalue weighted by atomic mass is 15.0. The zero-order valence-electron chi connectivity index (χ0n) is 19.7. The number of nitrogens with one attached hydrogen (secondary N) is 2. The van der Waals surface area contributed by atoms with Gasteiger partial charge in [-0.3, -0.25) is 0 Å². The van der Waals surface area contributed by atoms with Crippen LogP contribution in [-0.4, -0.2) is 6.04 Å². The Balaban J connectivity index is 1.66. The lowest BCUT2D eigenvalue weighted by atomic mass is 10.0. The molecule has 0 spiro atoms. The highest BCUT2D eigenvalue weighted by molar-refractivity contribution is 5.88. The van der Waals surface area contributed by atoms with Crippen molar-refractivity contribution >= 4 is 17.3 Å². The summed E-state index contributed by atoms with van der Waals surface area (Å²) in [6.45, 7) is 14.6. The number of anilines is 1. The van der Waals surface area contributed by atoms with Gasteiger partial charge in [-0.15, -0.1) is 0 Å². The van der Waals surface area contributed by atoms with Gasteiger partial charge >= 0.3 is 0 Å². The quantitative estimate of drug-likeness (QED) is 0.358. The molecule has 32 heavy (non-hydrogen) atoms. The number of rotatable bonds is 11. The first kappa shape index (κ1) is 23.4. The minimum atomic E-state index is 0.155. The van der Waals surface area contributed by atoms with Gasteiger partial charge in [-0.05, 0) is 67.2 Å². The Kier molecular flexibility index (Phi) is 8.33. The number of benzene rings is 2. The smallest absolute Gasteiger partial charge is 0.0657 e. The Morgan fingerprint density at radius 1 is 1.06 bits per heavy atom. The van der Waals surface area contributed by atoms with Crippen molar-refractivity contribution in [2.75, 3.05) is 5.32 Å². The fraction of sp³-hybridized carbons (Fsp3) is 0.267. The molecule has 0 bridgehead atoms. The Bertz CT molecular complexity index is 1030. The van der Waals surface area contributed by atoms with Gasteiger partial charge in [0.05, 0.1) is 6.04 Å². The van der Waals surface area contributed by atoms with Crippen molar-refractivity contribution in [3.63, 3.8) is 0 Å². The molecule has 0 fully saturated rings. The molecule has 166 valence electrons. The van der Waals surface area contributed by atoms with Crippen molar-refractivity contribution in [3.8, 4) is 0 Å². The van der Waals surface area contributed by atoms with Gasteiger partial charge in [0.25, 0.3) is 0 Å². The van der Waals surface area contributed by atoms with Gasteiger partial charge in [0.15, 0.2) is 0 Å². The molecule has 0 radical (unpaired) electrons. The molecule has 1 unspecified atom stereocenters. The number of unbranched alkanes of at least 4 members (excludes halogenated alkanes) is 1. The van der Waals surface area contributed by atoms with Gasteiger partial charge < -0.3 is 10.6 Å². The summed E-state index contributed by atoms with van der Waals surface area (Å²) in [5.74, 6) is 0. The third-order valence-corrected chi connectivity index (χ3v) is 5.79. The molecule has 2 nitrogen and oxygen atoms in total. The Hall–Kier alpha value is -3.26. The molecule has 0 aliphatic heterocycles. The fourth-order valence-electron chi connectivity index (χ4n) is 3.91. The van der Waals surface area contributed by atoms with Gasteiger partial charge in [0.1, 0.15) is 0 Å². The summed E-state index contributed by atoms with van der Waals surface area (Å²) < 4.78 is 0. The summed E-state index contributed by atoms with van der Waals surface area (Å²) in [6, 6.07) is 17.5. The van der Waals surface area contributed by atoms with Crippen LogP contribution in [0.2, 0.25) is 0 Å². The second-order valence-corrected chi connectivity index (χ2v) is 8.54. The molecule has 2 aromatic carbocycles. The molecular weight excluding hydrogens is 388 g/mol. The molecule has 3 rings (SSSR count). The van der Waals surface area contributed by atoms with Gasteiger partial charge in [-0.2, -0.15) is 0 Å². The Morgan fingerprint density at radius 2 is 1.81 bits per heavy atom. The maximum Gasteiger partial charge on any atom is 0.0657 e. The molecule has 0 heterocycles. The predicted octanol–water partition coefficient (Wildman–Crippen LogP) is 7.89. The molecule has 0 saturated carbocycles. The molecule has 0 aromatic heterocycles. The van der Waals surface area contributed by atoms with E-state index in [1.807, 2.05) is 19.9 Å². The minimum Gasteiger partial charge on any atom is -0.377 e. The fourth-order valence-corrected chi connectivity index (χ4v) is 3.91. The molecule has 1 aliphatic carbocycles. The second-order valence-electron chi connectivity index (χ2n) is 8.54. The summed E-state index contributed by atoms with van der Waals surface area (Å²) in [5.41, 5.74) is 9.57. The first-order valence-electron chi connectivity index (χ1n) is 11.6. The molecule has 2 aromatic rings. The van der Waals surface area contributed by atoms with Crippen molar-refractivity contribution in [2.24, 2.45) is 0 Å². The average Bonchev–Trinajstić information content (AvgIpc) is 3.23. The van der Waals surface area contributed by atoms with E-state index in [1.165, 1.54) is 22.3 Å². The molecule has 1 atom stereocenters. The molecule has 0 saturated heterocycles. The summed E-state index contributed by atoms with van der Waals surface area (Å²) in [6.07, 6.45) is 12.8. The van der Waals surface area contributed by atoms with Crippen LogP contribution in [-0.2, 0) is 6.42 Å². The van der Waals surface area contributed by atoms with Crippen LogP contribution < -0.4 is 10.6 Å². The van der Waals surface area contributed by atoms with Crippen LogP contribution in [0.15, 0.2) is 96.9 Å². The van der Waals surface area contributed by atoms with E-state index in [1.54, 1.807) is 0 Å². The standard InChI is InChI=1S/C30H36N2/c1-6-8-13-30(32-28(7-2)17-14-22(3)4)23(5)31-29-18-15-24(16-19-29)27-20-25-11-9-10-12-26(25)21-27/h7,9-12,14-20,30-32H,3,5-6,8,13,21H2,1-2,4H3/b17-14-,28-7+. The van der Waals surface area contributed by atoms with Gasteiger partial charge in [0, 0.05) is 17.1 Å². The van der Waals surface area contributed by atoms with E-state index in [9.17, 15) is 0 Å². The van der Waals surface area contributed by atoms with E-state index < -0.39 is 0 Å². The lowest BCUT2D eigenvalue weighted by Crippen LogP contribution is -2.32. The normalized spacial score (nSPS) is 14.1. The number of hydrogen-bond acceptors (Lipinski definition) is 2. The van der Waals surface area contributed by atoms with E-state index in [2.05, 4.69) is 97.5 Å². The van der Waals surface area contributed by atoms with E-state index in [4.69, 9.17) is 0 Å². The van der Waals surface area contributed by atoms with E-state index in [0.29, 0.717) is 0 Å². The summed E-state index contributed by atoms with van der Waals surface area (Å²) in [7, 11) is 0. The lowest BCUT2D eigenvalue weighted by molar-refractivity contribution is 0.567. The topological polar surface area (TPSA) is 24.1 Å². The first-order valence-corrected chi connectivity index (χ1v) is 11.6. The SMILES string of the molecule is C=C(C)/C=C\C(=C/C)NC(CCCC)C(=C)Nc1ccc(C2=Cc3ccccc3C2)cc1. The summed E-state index contributed by atoms with van der Waals surface area (Å²) >= 11 is 0. The highest BCUT2D eigenvalue weighted by Gasteiger charge is 2.15. The van der Waals surface area contributed by atoms with E-state index in [-0.39, 0.29) is 6.04 Å². The van der Waals surface area contributed by atoms with E-state index in [0.717, 1.165) is 48.3 Å². The number of hydrogen-bond donors (Lipinski definition) is 2. The van der Waals surface area contributed by atoms with Crippen molar-refractivity contribution in [1.29, 1.82) is 0 Å². The van der Waals surface area contributed by atoms with E-state index >= 15 is 0 Å². The van der Waals surface area contributed by atoms with Crippen LogP contribution in [0.4, 0.5) is 5.69 Å². The maximum absolute atomic E-state index is 4.36.